The first-order valence-corrected chi connectivity index (χ1v) is 10.9. The number of nitrogens with zero attached hydrogens (tertiary/aromatic N) is 3. The lowest BCUT2D eigenvalue weighted by Crippen LogP contribution is -2.39. The first-order valence-electron chi connectivity index (χ1n) is 10.9. The molecule has 0 radical (unpaired) electrons. The highest BCUT2D eigenvalue weighted by Gasteiger charge is 2.40. The molecule has 3 N–H and O–H groups in total. The summed E-state index contributed by atoms with van der Waals surface area (Å²) in [5, 5.41) is 21.4. The van der Waals surface area contributed by atoms with Crippen LogP contribution in [0.5, 0.6) is 0 Å². The van der Waals surface area contributed by atoms with Crippen molar-refractivity contribution in [2.24, 2.45) is 0 Å². The number of morpholine rings is 1. The number of aromatic amines is 1. The fourth-order valence-corrected chi connectivity index (χ4v) is 4.65. The third-order valence-corrected chi connectivity index (χ3v) is 6.51. The number of rotatable bonds is 6. The van der Waals surface area contributed by atoms with Crippen molar-refractivity contribution in [1.82, 2.24) is 15.2 Å². The zero-order chi connectivity index (χ0) is 23.3. The summed E-state index contributed by atoms with van der Waals surface area (Å²) in [7, 11) is 0. The maximum atomic E-state index is 14.0. The topological polar surface area (TPSA) is 103 Å². The van der Waals surface area contributed by atoms with Crippen LogP contribution in [0.2, 0.25) is 0 Å². The number of benzene rings is 1. The van der Waals surface area contributed by atoms with Gasteiger partial charge in [0.25, 0.3) is 11.5 Å². The molecule has 4 heterocycles. The van der Waals surface area contributed by atoms with Crippen molar-refractivity contribution in [2.75, 3.05) is 30.0 Å². The number of anilines is 2. The van der Waals surface area contributed by atoms with Crippen LogP contribution in [-0.2, 0) is 10.7 Å². The Kier molecular flexibility index (Phi) is 5.29. The lowest BCUT2D eigenvalue weighted by Gasteiger charge is -2.28. The Labute approximate surface area is 188 Å². The summed E-state index contributed by atoms with van der Waals surface area (Å²) in [5.74, 6) is -2.88. The number of ether oxygens (including phenoxy) is 1. The summed E-state index contributed by atoms with van der Waals surface area (Å²) >= 11 is 0. The number of nitrogens with one attached hydrogen (secondary N) is 2. The van der Waals surface area contributed by atoms with Gasteiger partial charge in [-0.05, 0) is 38.0 Å². The molecule has 0 amide bonds. The minimum absolute atomic E-state index is 0.143. The second-order valence-corrected chi connectivity index (χ2v) is 8.76. The van der Waals surface area contributed by atoms with Crippen LogP contribution in [0.15, 0.2) is 35.1 Å². The molecule has 8 nitrogen and oxygen atoms in total. The van der Waals surface area contributed by atoms with Crippen LogP contribution >= 0.6 is 0 Å². The first-order chi connectivity index (χ1) is 15.8. The number of pyridine rings is 1. The highest BCUT2D eigenvalue weighted by molar-refractivity contribution is 5.92. The van der Waals surface area contributed by atoms with Gasteiger partial charge in [-0.25, -0.2) is 0 Å². The minimum atomic E-state index is -3.32. The van der Waals surface area contributed by atoms with Crippen LogP contribution in [0, 0.1) is 6.92 Å². The van der Waals surface area contributed by atoms with Gasteiger partial charge >= 0.3 is 0 Å². The lowest BCUT2D eigenvalue weighted by atomic mass is 10.0. The molecule has 0 saturated carbocycles. The molecule has 2 aliphatic heterocycles. The van der Waals surface area contributed by atoms with Crippen molar-refractivity contribution in [3.8, 4) is 0 Å². The van der Waals surface area contributed by atoms with E-state index in [9.17, 15) is 13.6 Å². The van der Waals surface area contributed by atoms with E-state index in [4.69, 9.17) is 9.84 Å². The molecule has 2 unspecified atom stereocenters. The number of hydrogen-bond acceptors (Lipinski definition) is 7. The Hall–Kier alpha value is -3.11. The zero-order valence-corrected chi connectivity index (χ0v) is 18.3. The maximum Gasteiger partial charge on any atom is 0.295 e. The van der Waals surface area contributed by atoms with Crippen molar-refractivity contribution in [2.45, 2.75) is 44.4 Å². The number of aliphatic hydroxyl groups is 1. The molecule has 10 heteroatoms. The van der Waals surface area contributed by atoms with E-state index >= 15 is 0 Å². The molecule has 2 saturated heterocycles. The number of fused-ring (bicyclic) bond motifs is 3. The molecule has 2 fully saturated rings. The molecule has 3 aromatic rings. The van der Waals surface area contributed by atoms with Crippen LogP contribution < -0.4 is 15.8 Å². The highest BCUT2D eigenvalue weighted by Crippen LogP contribution is 2.34. The average molecular weight is 457 g/mol. The van der Waals surface area contributed by atoms with Crippen LogP contribution in [0.4, 0.5) is 20.3 Å². The summed E-state index contributed by atoms with van der Waals surface area (Å²) < 4.78 is 33.6. The molecule has 3 atom stereocenters. The molecule has 2 aliphatic rings. The first kappa shape index (κ1) is 21.7. The van der Waals surface area contributed by atoms with Gasteiger partial charge in [-0.1, -0.05) is 18.2 Å². The number of hydrogen-bond donors (Lipinski definition) is 3. The Morgan fingerprint density at radius 1 is 1.36 bits per heavy atom. The minimum Gasteiger partial charge on any atom is -0.390 e. The van der Waals surface area contributed by atoms with Crippen molar-refractivity contribution < 1.29 is 18.6 Å². The molecule has 2 bridgehead atoms. The molecule has 33 heavy (non-hydrogen) atoms. The number of alkyl halides is 2. The van der Waals surface area contributed by atoms with E-state index < -0.39 is 12.5 Å². The molecule has 0 aliphatic carbocycles. The van der Waals surface area contributed by atoms with Gasteiger partial charge in [-0.2, -0.15) is 13.9 Å². The van der Waals surface area contributed by atoms with E-state index in [1.807, 2.05) is 13.0 Å². The number of aliphatic hydroxyl groups excluding tert-OH is 1. The monoisotopic (exact) mass is 457 g/mol. The van der Waals surface area contributed by atoms with Crippen LogP contribution in [0.1, 0.15) is 36.2 Å². The average Bonchev–Trinajstić information content (AvgIpc) is 3.44. The zero-order valence-electron chi connectivity index (χ0n) is 18.3. The maximum absolute atomic E-state index is 14.0. The highest BCUT2D eigenvalue weighted by atomic mass is 19.3. The van der Waals surface area contributed by atoms with E-state index in [1.54, 1.807) is 13.0 Å². The van der Waals surface area contributed by atoms with E-state index in [1.165, 1.54) is 18.2 Å². The molecule has 2 aromatic heterocycles. The lowest BCUT2D eigenvalue weighted by molar-refractivity contribution is -0.0556. The predicted molar refractivity (Wildman–Crippen MR) is 120 cm³/mol. The van der Waals surface area contributed by atoms with Crippen molar-refractivity contribution >= 4 is 22.4 Å². The van der Waals surface area contributed by atoms with Crippen molar-refractivity contribution in [3.63, 3.8) is 0 Å². The SMILES string of the molecule is Cc1nnc(N[C@H](C)c2cccc(C(F)(F)CO)c2)c2cc(N3CC4CC3CO4)c(=O)[nH]c12. The molecule has 1 aromatic carbocycles. The van der Waals surface area contributed by atoms with E-state index in [2.05, 4.69) is 25.4 Å². The number of aryl methyl sites for hydroxylation is 1. The normalized spacial score (nSPS) is 21.1. The number of aromatic nitrogens is 3. The van der Waals surface area contributed by atoms with Gasteiger partial charge in [0, 0.05) is 17.5 Å². The van der Waals surface area contributed by atoms with Gasteiger partial charge in [0.1, 0.15) is 12.3 Å². The van der Waals surface area contributed by atoms with Gasteiger partial charge in [-0.15, -0.1) is 5.10 Å². The van der Waals surface area contributed by atoms with Gasteiger partial charge in [0.05, 0.1) is 36.0 Å². The van der Waals surface area contributed by atoms with Crippen LogP contribution in [0.25, 0.3) is 10.9 Å². The second-order valence-electron chi connectivity index (χ2n) is 8.76. The third kappa shape index (κ3) is 3.83. The van der Waals surface area contributed by atoms with Crippen molar-refractivity contribution in [1.29, 1.82) is 0 Å². The Bertz CT molecular complexity index is 1260. The summed E-state index contributed by atoms with van der Waals surface area (Å²) in [4.78, 5) is 17.9. The number of H-pyrrole nitrogens is 1. The van der Waals surface area contributed by atoms with Crippen LogP contribution in [-0.4, -0.2) is 52.2 Å². The summed E-state index contributed by atoms with van der Waals surface area (Å²) in [5.41, 5.74) is 1.89. The molecule has 174 valence electrons. The molecule has 0 spiro atoms. The van der Waals surface area contributed by atoms with E-state index in [-0.39, 0.29) is 29.3 Å². The molecular weight excluding hydrogens is 432 g/mol. The van der Waals surface area contributed by atoms with Gasteiger partial charge in [0.15, 0.2) is 5.82 Å². The Balaban J connectivity index is 1.51. The van der Waals surface area contributed by atoms with Crippen molar-refractivity contribution in [3.05, 3.63) is 57.5 Å². The molecular formula is C23H25F2N5O3. The summed E-state index contributed by atoms with van der Waals surface area (Å²) in [6.45, 7) is 3.61. The fraction of sp³-hybridized carbons (Fsp3) is 0.435. The molecule has 5 rings (SSSR count). The van der Waals surface area contributed by atoms with Gasteiger partial charge < -0.3 is 25.0 Å². The van der Waals surface area contributed by atoms with Gasteiger partial charge in [-0.3, -0.25) is 4.79 Å². The predicted octanol–water partition coefficient (Wildman–Crippen LogP) is 2.86. The fourth-order valence-electron chi connectivity index (χ4n) is 4.65. The standard InChI is InChI=1S/C23H25F2N5O3/c1-12(14-4-3-5-15(6-14)23(24,25)11-31)26-21-18-8-19(30-9-17-7-16(30)10-33-17)22(32)27-20(18)13(2)28-29-21/h3-6,8,12,16-17,31H,7,9-11H2,1-2H3,(H,26,29)(H,27,32)/t12-,16?,17?/m1/s1. The largest absolute Gasteiger partial charge is 0.390 e. The van der Waals surface area contributed by atoms with E-state index in [0.717, 1.165) is 6.42 Å². The quantitative estimate of drug-likeness (QED) is 0.523. The second kappa shape index (κ2) is 8.03. The smallest absolute Gasteiger partial charge is 0.295 e. The summed E-state index contributed by atoms with van der Waals surface area (Å²) in [6.07, 6.45) is 1.05. The Morgan fingerprint density at radius 2 is 2.18 bits per heavy atom. The number of halogens is 2. The van der Waals surface area contributed by atoms with Gasteiger partial charge in [0.2, 0.25) is 0 Å². The third-order valence-electron chi connectivity index (χ3n) is 6.51. The van der Waals surface area contributed by atoms with E-state index in [0.29, 0.717) is 46.8 Å². The Morgan fingerprint density at radius 3 is 2.88 bits per heavy atom. The van der Waals surface area contributed by atoms with Crippen LogP contribution in [0.3, 0.4) is 0 Å². The summed E-state index contributed by atoms with van der Waals surface area (Å²) in [6, 6.07) is 7.53.